The first kappa shape index (κ1) is 16.6. The summed E-state index contributed by atoms with van der Waals surface area (Å²) in [7, 11) is 1.67. The van der Waals surface area contributed by atoms with Gasteiger partial charge in [0.2, 0.25) is 0 Å². The van der Waals surface area contributed by atoms with Crippen molar-refractivity contribution in [2.45, 2.75) is 25.3 Å². The lowest BCUT2D eigenvalue weighted by Crippen LogP contribution is -2.40. The van der Waals surface area contributed by atoms with Crippen LogP contribution in [0, 0.1) is 5.82 Å². The molecule has 1 aliphatic heterocycles. The minimum atomic E-state index is -0.578. The van der Waals surface area contributed by atoms with Gasteiger partial charge in [-0.2, -0.15) is 0 Å². The normalized spacial score (nSPS) is 17.9. The number of carbonyl (C=O) groups is 1. The molecule has 0 spiro atoms. The molecule has 128 valence electrons. The lowest BCUT2D eigenvalue weighted by Gasteiger charge is -2.32. The van der Waals surface area contributed by atoms with Crippen molar-refractivity contribution in [2.24, 2.45) is 0 Å². The maximum absolute atomic E-state index is 13.8. The Kier molecular flexibility index (Phi) is 5.20. The maximum Gasteiger partial charge on any atom is 0.256 e. The van der Waals surface area contributed by atoms with Crippen LogP contribution >= 0.6 is 0 Å². The Labute approximate surface area is 140 Å². The smallest absolute Gasteiger partial charge is 0.256 e. The molecule has 3 heterocycles. The summed E-state index contributed by atoms with van der Waals surface area (Å²) in [5, 5.41) is 0. The molecular formula is C17H21FN4O2. The van der Waals surface area contributed by atoms with Crippen LogP contribution in [0.3, 0.4) is 0 Å². The van der Waals surface area contributed by atoms with E-state index < -0.39 is 5.82 Å². The minimum Gasteiger partial charge on any atom is -0.383 e. The fourth-order valence-electron chi connectivity index (χ4n) is 3.15. The average molecular weight is 332 g/mol. The summed E-state index contributed by atoms with van der Waals surface area (Å²) >= 11 is 0. The van der Waals surface area contributed by atoms with Crippen LogP contribution < -0.4 is 0 Å². The highest BCUT2D eigenvalue weighted by Gasteiger charge is 2.29. The molecule has 2 aromatic heterocycles. The highest BCUT2D eigenvalue weighted by atomic mass is 19.1. The number of methoxy groups -OCH3 is 1. The van der Waals surface area contributed by atoms with Gasteiger partial charge >= 0.3 is 0 Å². The van der Waals surface area contributed by atoms with Crippen LogP contribution in [0.4, 0.5) is 4.39 Å². The van der Waals surface area contributed by atoms with E-state index in [0.29, 0.717) is 19.7 Å². The summed E-state index contributed by atoms with van der Waals surface area (Å²) in [6.45, 7) is 2.52. The van der Waals surface area contributed by atoms with Crippen LogP contribution in [0.5, 0.6) is 0 Å². The molecule has 2 aromatic rings. The number of imidazole rings is 1. The monoisotopic (exact) mass is 332 g/mol. The number of hydrogen-bond donors (Lipinski definition) is 0. The summed E-state index contributed by atoms with van der Waals surface area (Å²) in [6, 6.07) is 1.43. The fraction of sp³-hybridized carbons (Fsp3) is 0.471. The van der Waals surface area contributed by atoms with E-state index in [1.807, 2.05) is 6.20 Å². The number of amides is 1. The summed E-state index contributed by atoms with van der Waals surface area (Å²) < 4.78 is 21.0. The number of ether oxygens (including phenoxy) is 1. The van der Waals surface area contributed by atoms with Gasteiger partial charge in [0.05, 0.1) is 18.4 Å². The second kappa shape index (κ2) is 7.53. The topological polar surface area (TPSA) is 60.2 Å². The second-order valence-electron chi connectivity index (χ2n) is 5.92. The van der Waals surface area contributed by atoms with E-state index in [0.717, 1.165) is 31.4 Å². The van der Waals surface area contributed by atoms with E-state index in [1.54, 1.807) is 18.2 Å². The molecule has 0 bridgehead atoms. The number of nitrogens with zero attached hydrogens (tertiary/aromatic N) is 4. The summed E-state index contributed by atoms with van der Waals surface area (Å²) in [5.41, 5.74) is 0.0772. The molecule has 3 rings (SSSR count). The van der Waals surface area contributed by atoms with E-state index in [9.17, 15) is 9.18 Å². The first-order valence-electron chi connectivity index (χ1n) is 8.09. The Bertz CT molecular complexity index is 703. The first-order chi connectivity index (χ1) is 11.7. The van der Waals surface area contributed by atoms with E-state index >= 15 is 0 Å². The van der Waals surface area contributed by atoms with Gasteiger partial charge in [-0.15, -0.1) is 0 Å². The zero-order valence-electron chi connectivity index (χ0n) is 13.7. The van der Waals surface area contributed by atoms with Gasteiger partial charge in [0, 0.05) is 51.3 Å². The number of halogens is 1. The number of pyridine rings is 1. The predicted molar refractivity (Wildman–Crippen MR) is 86.2 cm³/mol. The quantitative estimate of drug-likeness (QED) is 0.841. The lowest BCUT2D eigenvalue weighted by atomic mass is 9.96. The van der Waals surface area contributed by atoms with Crippen LogP contribution in [0.2, 0.25) is 0 Å². The first-order valence-corrected chi connectivity index (χ1v) is 8.09. The molecule has 0 aromatic carbocycles. The molecule has 7 heteroatoms. The van der Waals surface area contributed by atoms with Gasteiger partial charge < -0.3 is 14.2 Å². The third kappa shape index (κ3) is 3.46. The molecule has 1 aliphatic rings. The van der Waals surface area contributed by atoms with Crippen LogP contribution in [-0.4, -0.2) is 52.1 Å². The van der Waals surface area contributed by atoms with Crippen LogP contribution in [-0.2, 0) is 11.3 Å². The number of piperidine rings is 1. The van der Waals surface area contributed by atoms with E-state index in [4.69, 9.17) is 4.74 Å². The van der Waals surface area contributed by atoms with Crippen LogP contribution in [0.25, 0.3) is 0 Å². The maximum atomic E-state index is 13.8. The third-order valence-corrected chi connectivity index (χ3v) is 4.36. The Hall–Kier alpha value is -2.28. The molecule has 0 N–H and O–H groups in total. The van der Waals surface area contributed by atoms with Crippen molar-refractivity contribution in [1.82, 2.24) is 19.4 Å². The highest BCUT2D eigenvalue weighted by Crippen LogP contribution is 2.27. The number of aromatic nitrogens is 3. The molecule has 0 aliphatic carbocycles. The summed E-state index contributed by atoms with van der Waals surface area (Å²) in [5.74, 6) is 0.250. The number of hydrogen-bond acceptors (Lipinski definition) is 4. The summed E-state index contributed by atoms with van der Waals surface area (Å²) in [6.07, 6.45) is 8.06. The van der Waals surface area contributed by atoms with Crippen molar-refractivity contribution in [1.29, 1.82) is 0 Å². The Morgan fingerprint density at radius 1 is 1.46 bits per heavy atom. The van der Waals surface area contributed by atoms with Gasteiger partial charge in [-0.25, -0.2) is 9.37 Å². The second-order valence-corrected chi connectivity index (χ2v) is 5.92. The van der Waals surface area contributed by atoms with Crippen LogP contribution in [0.1, 0.15) is 34.9 Å². The standard InChI is InChI=1S/C17H21FN4O2/c1-24-10-9-21-8-6-20-16(21)13-3-2-7-22(12-13)17(23)14-4-5-19-11-15(14)18/h4-6,8,11,13H,2-3,7,9-10,12H2,1H3/t13-/m1/s1. The Morgan fingerprint density at radius 2 is 2.33 bits per heavy atom. The third-order valence-electron chi connectivity index (χ3n) is 4.36. The van der Waals surface area contributed by atoms with Gasteiger partial charge in [-0.1, -0.05) is 0 Å². The average Bonchev–Trinajstić information content (AvgIpc) is 3.08. The van der Waals surface area contributed by atoms with Gasteiger partial charge in [-0.3, -0.25) is 9.78 Å². The molecular weight excluding hydrogens is 311 g/mol. The molecule has 1 amide bonds. The van der Waals surface area contributed by atoms with Crippen molar-refractivity contribution >= 4 is 5.91 Å². The number of rotatable bonds is 5. The van der Waals surface area contributed by atoms with Gasteiger partial charge in [0.1, 0.15) is 5.82 Å². The number of likely N-dealkylation sites (tertiary alicyclic amines) is 1. The zero-order valence-corrected chi connectivity index (χ0v) is 13.7. The van der Waals surface area contributed by atoms with Gasteiger partial charge in [-0.05, 0) is 18.9 Å². The van der Waals surface area contributed by atoms with E-state index in [2.05, 4.69) is 14.5 Å². The highest BCUT2D eigenvalue weighted by molar-refractivity contribution is 5.94. The van der Waals surface area contributed by atoms with Crippen molar-refractivity contribution in [3.8, 4) is 0 Å². The Balaban J connectivity index is 1.74. The van der Waals surface area contributed by atoms with Crippen molar-refractivity contribution in [3.63, 3.8) is 0 Å². The molecule has 1 fully saturated rings. The van der Waals surface area contributed by atoms with Crippen molar-refractivity contribution < 1.29 is 13.9 Å². The van der Waals surface area contributed by atoms with Crippen molar-refractivity contribution in [2.75, 3.05) is 26.8 Å². The zero-order chi connectivity index (χ0) is 16.9. The van der Waals surface area contributed by atoms with Crippen LogP contribution in [0.15, 0.2) is 30.9 Å². The van der Waals surface area contributed by atoms with E-state index in [-0.39, 0.29) is 17.4 Å². The van der Waals surface area contributed by atoms with Gasteiger partial charge in [0.25, 0.3) is 5.91 Å². The van der Waals surface area contributed by atoms with Gasteiger partial charge in [0.15, 0.2) is 5.82 Å². The molecule has 0 unspecified atom stereocenters. The summed E-state index contributed by atoms with van der Waals surface area (Å²) in [4.78, 5) is 22.5. The molecule has 0 radical (unpaired) electrons. The molecule has 1 saturated heterocycles. The molecule has 24 heavy (non-hydrogen) atoms. The van der Waals surface area contributed by atoms with Crippen molar-refractivity contribution in [3.05, 3.63) is 48.1 Å². The lowest BCUT2D eigenvalue weighted by molar-refractivity contribution is 0.0697. The minimum absolute atomic E-state index is 0.0772. The Morgan fingerprint density at radius 3 is 3.12 bits per heavy atom. The number of carbonyl (C=O) groups excluding carboxylic acids is 1. The predicted octanol–water partition coefficient (Wildman–Crippen LogP) is 2.08. The SMILES string of the molecule is COCCn1ccnc1[C@@H]1CCCN(C(=O)c2ccncc2F)C1. The van der Waals surface area contributed by atoms with E-state index in [1.165, 1.54) is 12.3 Å². The molecule has 1 atom stereocenters. The largest absolute Gasteiger partial charge is 0.383 e. The molecule has 0 saturated carbocycles. The fourth-order valence-corrected chi connectivity index (χ4v) is 3.15. The molecule has 6 nitrogen and oxygen atoms in total.